The van der Waals surface area contributed by atoms with Crippen LogP contribution in [0.1, 0.15) is 11.1 Å². The minimum atomic E-state index is -0.495. The third kappa shape index (κ3) is 2.89. The third-order valence-electron chi connectivity index (χ3n) is 2.81. The highest BCUT2D eigenvalue weighted by molar-refractivity contribution is 5.99. The maximum atomic E-state index is 10.9. The number of amidine groups is 1. The number of benzene rings is 1. The molecule has 0 unspecified atom stereocenters. The summed E-state index contributed by atoms with van der Waals surface area (Å²) >= 11 is 0. The second kappa shape index (κ2) is 5.87. The number of hydrogen-bond acceptors (Lipinski definition) is 6. The van der Waals surface area contributed by atoms with E-state index in [2.05, 4.69) is 10.1 Å². The minimum absolute atomic E-state index is 0.0613. The molecule has 1 aromatic heterocycles. The Balaban J connectivity index is 2.44. The van der Waals surface area contributed by atoms with Crippen LogP contribution in [0.3, 0.4) is 0 Å². The average molecular weight is 288 g/mol. The molecule has 0 atom stereocenters. The molecule has 0 fully saturated rings. The highest BCUT2D eigenvalue weighted by Crippen LogP contribution is 2.31. The van der Waals surface area contributed by atoms with Gasteiger partial charge in [0, 0.05) is 12.3 Å². The van der Waals surface area contributed by atoms with Crippen molar-refractivity contribution < 1.29 is 14.9 Å². The molecular formula is C13H12N4O4. The van der Waals surface area contributed by atoms with Crippen LogP contribution in [-0.4, -0.2) is 21.0 Å². The summed E-state index contributed by atoms with van der Waals surface area (Å²) in [5, 5.41) is 22.5. The molecule has 21 heavy (non-hydrogen) atoms. The third-order valence-corrected chi connectivity index (χ3v) is 2.81. The van der Waals surface area contributed by atoms with Crippen molar-refractivity contribution in [1.82, 2.24) is 4.98 Å². The standard InChI is InChI=1S/C13H12N4O4/c1-8-10(17(19)20)5-2-6-11(8)21-13-9(12(14)16-18)4-3-7-15-13/h2-7,18H,1H3,(H2,14,16). The molecule has 0 aliphatic carbocycles. The summed E-state index contributed by atoms with van der Waals surface area (Å²) in [7, 11) is 0. The van der Waals surface area contributed by atoms with E-state index in [0.717, 1.165) is 0 Å². The molecule has 0 spiro atoms. The van der Waals surface area contributed by atoms with E-state index in [4.69, 9.17) is 15.7 Å². The van der Waals surface area contributed by atoms with Gasteiger partial charge in [0.1, 0.15) is 5.75 Å². The van der Waals surface area contributed by atoms with Gasteiger partial charge in [-0.3, -0.25) is 10.1 Å². The van der Waals surface area contributed by atoms with Gasteiger partial charge in [-0.15, -0.1) is 0 Å². The minimum Gasteiger partial charge on any atom is -0.438 e. The van der Waals surface area contributed by atoms with Crippen LogP contribution in [-0.2, 0) is 0 Å². The Labute approximate surface area is 119 Å². The number of nitro groups is 1. The van der Waals surface area contributed by atoms with E-state index in [9.17, 15) is 10.1 Å². The number of ether oxygens (including phenoxy) is 1. The van der Waals surface area contributed by atoms with Gasteiger partial charge in [-0.05, 0) is 25.1 Å². The van der Waals surface area contributed by atoms with Crippen molar-refractivity contribution in [3.05, 3.63) is 57.8 Å². The average Bonchev–Trinajstić information content (AvgIpc) is 2.49. The molecule has 1 aromatic carbocycles. The quantitative estimate of drug-likeness (QED) is 0.292. The van der Waals surface area contributed by atoms with Crippen LogP contribution in [0.2, 0.25) is 0 Å². The highest BCUT2D eigenvalue weighted by Gasteiger charge is 2.17. The molecule has 1 heterocycles. The summed E-state index contributed by atoms with van der Waals surface area (Å²) in [4.78, 5) is 14.4. The second-order valence-electron chi connectivity index (χ2n) is 4.10. The summed E-state index contributed by atoms with van der Waals surface area (Å²) < 4.78 is 5.57. The van der Waals surface area contributed by atoms with Crippen molar-refractivity contribution in [1.29, 1.82) is 0 Å². The first kappa shape index (κ1) is 14.3. The van der Waals surface area contributed by atoms with E-state index in [0.29, 0.717) is 5.56 Å². The number of nitro benzene ring substituents is 1. The Bertz CT molecular complexity index is 715. The Morgan fingerprint density at radius 1 is 1.43 bits per heavy atom. The lowest BCUT2D eigenvalue weighted by molar-refractivity contribution is -0.385. The molecule has 2 aromatic rings. The van der Waals surface area contributed by atoms with Crippen LogP contribution in [0.15, 0.2) is 41.7 Å². The number of nitrogens with two attached hydrogens (primary N) is 1. The van der Waals surface area contributed by atoms with Gasteiger partial charge >= 0.3 is 0 Å². The van der Waals surface area contributed by atoms with Crippen molar-refractivity contribution >= 4 is 11.5 Å². The normalized spacial score (nSPS) is 11.2. The molecule has 0 aliphatic rings. The second-order valence-corrected chi connectivity index (χ2v) is 4.10. The van der Waals surface area contributed by atoms with E-state index < -0.39 is 4.92 Å². The van der Waals surface area contributed by atoms with Gasteiger partial charge in [-0.1, -0.05) is 11.2 Å². The highest BCUT2D eigenvalue weighted by atomic mass is 16.6. The smallest absolute Gasteiger partial charge is 0.276 e. The van der Waals surface area contributed by atoms with Crippen LogP contribution < -0.4 is 10.5 Å². The molecule has 0 radical (unpaired) electrons. The van der Waals surface area contributed by atoms with Crippen molar-refractivity contribution in [3.8, 4) is 11.6 Å². The topological polar surface area (TPSA) is 124 Å². The van der Waals surface area contributed by atoms with Crippen LogP contribution in [0, 0.1) is 17.0 Å². The molecule has 8 nitrogen and oxygen atoms in total. The maximum Gasteiger partial charge on any atom is 0.276 e. The molecule has 0 saturated carbocycles. The number of oxime groups is 1. The van der Waals surface area contributed by atoms with Crippen LogP contribution in [0.5, 0.6) is 11.6 Å². The predicted molar refractivity (Wildman–Crippen MR) is 74.7 cm³/mol. The number of pyridine rings is 1. The summed E-state index contributed by atoms with van der Waals surface area (Å²) in [6, 6.07) is 7.62. The maximum absolute atomic E-state index is 10.9. The molecule has 2 rings (SSSR count). The zero-order valence-electron chi connectivity index (χ0n) is 11.1. The van der Waals surface area contributed by atoms with Gasteiger partial charge in [0.25, 0.3) is 5.69 Å². The molecule has 0 aliphatic heterocycles. The largest absolute Gasteiger partial charge is 0.438 e. The molecule has 0 amide bonds. The van der Waals surface area contributed by atoms with Crippen LogP contribution in [0.4, 0.5) is 5.69 Å². The van der Waals surface area contributed by atoms with E-state index >= 15 is 0 Å². The molecule has 3 N–H and O–H groups in total. The molecule has 0 saturated heterocycles. The van der Waals surface area contributed by atoms with Gasteiger partial charge in [0.15, 0.2) is 5.84 Å². The van der Waals surface area contributed by atoms with E-state index in [-0.39, 0.29) is 28.7 Å². The van der Waals surface area contributed by atoms with Crippen molar-refractivity contribution in [2.24, 2.45) is 10.9 Å². The summed E-state index contributed by atoms with van der Waals surface area (Å²) in [6.45, 7) is 1.57. The lowest BCUT2D eigenvalue weighted by Crippen LogP contribution is -2.14. The summed E-state index contributed by atoms with van der Waals surface area (Å²) in [5.74, 6) is 0.201. The number of aromatic nitrogens is 1. The SMILES string of the molecule is Cc1c(Oc2ncccc2/C(N)=N/O)cccc1[N+](=O)[O-]. The van der Waals surface area contributed by atoms with Gasteiger partial charge in [-0.25, -0.2) is 4.98 Å². The van der Waals surface area contributed by atoms with Crippen molar-refractivity contribution in [3.63, 3.8) is 0 Å². The van der Waals surface area contributed by atoms with Gasteiger partial charge in [-0.2, -0.15) is 0 Å². The van der Waals surface area contributed by atoms with Crippen molar-refractivity contribution in [2.45, 2.75) is 6.92 Å². The fourth-order valence-corrected chi connectivity index (χ4v) is 1.74. The van der Waals surface area contributed by atoms with E-state index in [1.54, 1.807) is 25.1 Å². The van der Waals surface area contributed by atoms with Gasteiger partial charge < -0.3 is 15.7 Å². The monoisotopic (exact) mass is 288 g/mol. The molecular weight excluding hydrogens is 276 g/mol. The first-order valence-corrected chi connectivity index (χ1v) is 5.89. The van der Waals surface area contributed by atoms with Crippen LogP contribution >= 0.6 is 0 Å². The number of nitrogens with zero attached hydrogens (tertiary/aromatic N) is 3. The van der Waals surface area contributed by atoms with E-state index in [1.165, 1.54) is 18.3 Å². The first-order chi connectivity index (χ1) is 10.0. The zero-order valence-corrected chi connectivity index (χ0v) is 11.1. The molecule has 8 heteroatoms. The molecule has 108 valence electrons. The van der Waals surface area contributed by atoms with Crippen LogP contribution in [0.25, 0.3) is 0 Å². The lowest BCUT2D eigenvalue weighted by Gasteiger charge is -2.10. The fourth-order valence-electron chi connectivity index (χ4n) is 1.74. The number of rotatable bonds is 4. The molecule has 0 bridgehead atoms. The van der Waals surface area contributed by atoms with Gasteiger partial charge in [0.2, 0.25) is 5.88 Å². The Morgan fingerprint density at radius 3 is 2.86 bits per heavy atom. The summed E-state index contributed by atoms with van der Waals surface area (Å²) in [5.41, 5.74) is 6.12. The first-order valence-electron chi connectivity index (χ1n) is 5.89. The predicted octanol–water partition coefficient (Wildman–Crippen LogP) is 2.19. The number of hydrogen-bond donors (Lipinski definition) is 2. The summed E-state index contributed by atoms with van der Waals surface area (Å²) in [6.07, 6.45) is 1.47. The zero-order chi connectivity index (χ0) is 15.4. The van der Waals surface area contributed by atoms with E-state index in [1.807, 2.05) is 0 Å². The van der Waals surface area contributed by atoms with Crippen molar-refractivity contribution in [2.75, 3.05) is 0 Å². The fraction of sp³-hybridized carbons (Fsp3) is 0.0769. The Morgan fingerprint density at radius 2 is 2.19 bits per heavy atom. The Kier molecular flexibility index (Phi) is 3.98. The lowest BCUT2D eigenvalue weighted by atomic mass is 10.2. The Hall–Kier alpha value is -3.16. The van der Waals surface area contributed by atoms with Gasteiger partial charge in [0.05, 0.1) is 16.1 Å².